The lowest BCUT2D eigenvalue weighted by molar-refractivity contribution is -0.00902. The highest BCUT2D eigenvalue weighted by Gasteiger charge is 2.41. The largest absolute Gasteiger partial charge is 0.298 e. The number of hydrogen-bond acceptors (Lipinski definition) is 1. The van der Waals surface area contributed by atoms with Gasteiger partial charge < -0.3 is 0 Å². The molecular formula is C14H29N. The predicted octanol–water partition coefficient (Wildman–Crippen LogP) is 3.93. The summed E-state index contributed by atoms with van der Waals surface area (Å²) >= 11 is 0. The zero-order valence-electron chi connectivity index (χ0n) is 11.8. The Bertz CT molecular complexity index is 208. The van der Waals surface area contributed by atoms with Crippen molar-refractivity contribution in [1.29, 1.82) is 0 Å². The van der Waals surface area contributed by atoms with Crippen LogP contribution in [0.25, 0.3) is 0 Å². The van der Waals surface area contributed by atoms with E-state index < -0.39 is 0 Å². The van der Waals surface area contributed by atoms with Crippen LogP contribution in [0.5, 0.6) is 0 Å². The standard InChI is InChI=1S/C14H29N/c1-12(2,3)14(7)8-10-15(11-9-14)13(4,5)6/h8-11H2,1-7H3. The first-order valence-corrected chi connectivity index (χ1v) is 6.31. The van der Waals surface area contributed by atoms with E-state index in [1.54, 1.807) is 0 Å². The lowest BCUT2D eigenvalue weighted by Gasteiger charge is -2.50. The van der Waals surface area contributed by atoms with Crippen molar-refractivity contribution in [2.45, 2.75) is 66.8 Å². The minimum Gasteiger partial charge on any atom is -0.298 e. The van der Waals surface area contributed by atoms with E-state index in [4.69, 9.17) is 0 Å². The van der Waals surface area contributed by atoms with Crippen molar-refractivity contribution in [1.82, 2.24) is 4.90 Å². The van der Waals surface area contributed by atoms with E-state index >= 15 is 0 Å². The van der Waals surface area contributed by atoms with E-state index in [9.17, 15) is 0 Å². The highest BCUT2D eigenvalue weighted by molar-refractivity contribution is 4.93. The SMILES string of the molecule is CC(C)(C)N1CCC(C)(C(C)(C)C)CC1. The van der Waals surface area contributed by atoms with Crippen molar-refractivity contribution in [3.8, 4) is 0 Å². The Kier molecular flexibility index (Phi) is 3.27. The first kappa shape index (κ1) is 13.0. The molecule has 0 aromatic heterocycles. The molecule has 1 saturated heterocycles. The van der Waals surface area contributed by atoms with Crippen molar-refractivity contribution in [3.05, 3.63) is 0 Å². The third-order valence-electron chi connectivity index (χ3n) is 4.63. The molecule has 0 aromatic rings. The fourth-order valence-corrected chi connectivity index (χ4v) is 2.42. The molecule has 0 aromatic carbocycles. The normalized spacial score (nSPS) is 24.2. The summed E-state index contributed by atoms with van der Waals surface area (Å²) in [5.74, 6) is 0. The molecule has 0 aliphatic carbocycles. The van der Waals surface area contributed by atoms with Gasteiger partial charge in [-0.25, -0.2) is 0 Å². The van der Waals surface area contributed by atoms with E-state index in [0.717, 1.165) is 0 Å². The fraction of sp³-hybridized carbons (Fsp3) is 1.00. The second kappa shape index (κ2) is 3.76. The van der Waals surface area contributed by atoms with Crippen LogP contribution < -0.4 is 0 Å². The third kappa shape index (κ3) is 2.75. The molecule has 1 aliphatic rings. The fourth-order valence-electron chi connectivity index (χ4n) is 2.42. The van der Waals surface area contributed by atoms with Gasteiger partial charge in [-0.3, -0.25) is 4.90 Å². The Hall–Kier alpha value is -0.0400. The van der Waals surface area contributed by atoms with Gasteiger partial charge in [0.25, 0.3) is 0 Å². The van der Waals surface area contributed by atoms with Crippen molar-refractivity contribution in [2.75, 3.05) is 13.1 Å². The summed E-state index contributed by atoms with van der Waals surface area (Å²) in [6.45, 7) is 19.1. The van der Waals surface area contributed by atoms with Crippen LogP contribution in [0.4, 0.5) is 0 Å². The van der Waals surface area contributed by atoms with Crippen LogP contribution in [0.1, 0.15) is 61.3 Å². The van der Waals surface area contributed by atoms with Crippen molar-refractivity contribution < 1.29 is 0 Å². The minimum atomic E-state index is 0.346. The molecule has 0 amide bonds. The van der Waals surface area contributed by atoms with Gasteiger partial charge in [0.1, 0.15) is 0 Å². The van der Waals surface area contributed by atoms with Gasteiger partial charge in [-0.15, -0.1) is 0 Å². The van der Waals surface area contributed by atoms with Crippen molar-refractivity contribution in [2.24, 2.45) is 10.8 Å². The number of likely N-dealkylation sites (tertiary alicyclic amines) is 1. The molecule has 1 nitrogen and oxygen atoms in total. The van der Waals surface area contributed by atoms with Crippen molar-refractivity contribution in [3.63, 3.8) is 0 Å². The smallest absolute Gasteiger partial charge is 0.0125 e. The highest BCUT2D eigenvalue weighted by Crippen LogP contribution is 2.47. The molecule has 1 fully saturated rings. The number of piperidine rings is 1. The van der Waals surface area contributed by atoms with Gasteiger partial charge in [0.15, 0.2) is 0 Å². The van der Waals surface area contributed by atoms with Crippen LogP contribution in [-0.2, 0) is 0 Å². The molecular weight excluding hydrogens is 182 g/mol. The number of nitrogens with zero attached hydrogens (tertiary/aromatic N) is 1. The van der Waals surface area contributed by atoms with Gasteiger partial charge in [0.05, 0.1) is 0 Å². The number of rotatable bonds is 0. The molecule has 0 unspecified atom stereocenters. The number of hydrogen-bond donors (Lipinski definition) is 0. The van der Waals surface area contributed by atoms with E-state index in [1.165, 1.54) is 25.9 Å². The summed E-state index contributed by atoms with van der Waals surface area (Å²) < 4.78 is 0. The Morgan fingerprint density at radius 3 is 1.53 bits per heavy atom. The molecule has 0 bridgehead atoms. The maximum atomic E-state index is 2.63. The summed E-state index contributed by atoms with van der Waals surface area (Å²) in [5, 5.41) is 0. The Labute approximate surface area is 96.2 Å². The average molecular weight is 211 g/mol. The maximum Gasteiger partial charge on any atom is 0.0125 e. The van der Waals surface area contributed by atoms with Gasteiger partial charge >= 0.3 is 0 Å². The van der Waals surface area contributed by atoms with Gasteiger partial charge in [0.2, 0.25) is 0 Å². The summed E-state index contributed by atoms with van der Waals surface area (Å²) in [7, 11) is 0. The van der Waals surface area contributed by atoms with E-state index in [0.29, 0.717) is 16.4 Å². The molecule has 0 spiro atoms. The van der Waals surface area contributed by atoms with Gasteiger partial charge in [-0.1, -0.05) is 27.7 Å². The predicted molar refractivity (Wildman–Crippen MR) is 68.1 cm³/mol. The molecule has 0 atom stereocenters. The first-order valence-electron chi connectivity index (χ1n) is 6.31. The maximum absolute atomic E-state index is 2.63. The summed E-state index contributed by atoms with van der Waals surface area (Å²) in [6, 6.07) is 0. The Morgan fingerprint density at radius 2 is 1.27 bits per heavy atom. The van der Waals surface area contributed by atoms with Gasteiger partial charge in [0, 0.05) is 5.54 Å². The van der Waals surface area contributed by atoms with Crippen LogP contribution in [0, 0.1) is 10.8 Å². The van der Waals surface area contributed by atoms with Crippen LogP contribution in [0.2, 0.25) is 0 Å². The van der Waals surface area contributed by atoms with Crippen LogP contribution >= 0.6 is 0 Å². The minimum absolute atomic E-state index is 0.346. The molecule has 90 valence electrons. The second-order valence-corrected chi connectivity index (χ2v) is 7.47. The van der Waals surface area contributed by atoms with Crippen molar-refractivity contribution >= 4 is 0 Å². The summed E-state index contributed by atoms with van der Waals surface area (Å²) in [4.78, 5) is 2.63. The lowest BCUT2D eigenvalue weighted by atomic mass is 9.62. The first-order chi connectivity index (χ1) is 6.56. The quantitative estimate of drug-likeness (QED) is 0.587. The molecule has 1 heteroatoms. The lowest BCUT2D eigenvalue weighted by Crippen LogP contribution is -2.51. The van der Waals surface area contributed by atoms with Gasteiger partial charge in [-0.05, 0) is 57.5 Å². The zero-order chi connectivity index (χ0) is 11.9. The van der Waals surface area contributed by atoms with E-state index in [1.807, 2.05) is 0 Å². The summed E-state index contributed by atoms with van der Waals surface area (Å²) in [6.07, 6.45) is 2.68. The van der Waals surface area contributed by atoms with E-state index in [2.05, 4.69) is 53.4 Å². The van der Waals surface area contributed by atoms with Crippen LogP contribution in [-0.4, -0.2) is 23.5 Å². The zero-order valence-corrected chi connectivity index (χ0v) is 11.8. The highest BCUT2D eigenvalue weighted by atomic mass is 15.2. The van der Waals surface area contributed by atoms with Gasteiger partial charge in [-0.2, -0.15) is 0 Å². The molecule has 1 heterocycles. The third-order valence-corrected chi connectivity index (χ3v) is 4.63. The molecule has 0 N–H and O–H groups in total. The molecule has 0 radical (unpaired) electrons. The topological polar surface area (TPSA) is 3.24 Å². The average Bonchev–Trinajstić information content (AvgIpc) is 2.01. The van der Waals surface area contributed by atoms with Crippen LogP contribution in [0.3, 0.4) is 0 Å². The molecule has 1 rings (SSSR count). The molecule has 15 heavy (non-hydrogen) atoms. The monoisotopic (exact) mass is 211 g/mol. The summed E-state index contributed by atoms with van der Waals surface area (Å²) in [5.41, 5.74) is 1.31. The molecule has 1 aliphatic heterocycles. The molecule has 0 saturated carbocycles. The second-order valence-electron chi connectivity index (χ2n) is 7.47. The Balaban J connectivity index is 2.64. The van der Waals surface area contributed by atoms with Crippen LogP contribution in [0.15, 0.2) is 0 Å². The van der Waals surface area contributed by atoms with E-state index in [-0.39, 0.29) is 0 Å². The Morgan fingerprint density at radius 1 is 0.867 bits per heavy atom.